The third-order valence-electron chi connectivity index (χ3n) is 3.07. The van der Waals surface area contributed by atoms with Crippen molar-refractivity contribution in [1.29, 1.82) is 0 Å². The van der Waals surface area contributed by atoms with E-state index in [-0.39, 0.29) is 17.2 Å². The summed E-state index contributed by atoms with van der Waals surface area (Å²) in [5.41, 5.74) is 0.427. The standard InChI is InChI=1S/C17H26N2O4/c1-17(2,3)11-15(20)18-8-9-19-16(21)12-6-7-13(22-4)14(10-12)23-5/h6-7,10H,8-9,11H2,1-5H3,(H,18,20)(H,19,21). The van der Waals surface area contributed by atoms with Crippen LogP contribution in [0.4, 0.5) is 0 Å². The van der Waals surface area contributed by atoms with E-state index in [1.807, 2.05) is 20.8 Å². The molecule has 0 radical (unpaired) electrons. The van der Waals surface area contributed by atoms with Gasteiger partial charge in [0.1, 0.15) is 0 Å². The number of rotatable bonds is 7. The first-order valence-corrected chi connectivity index (χ1v) is 7.54. The zero-order valence-electron chi connectivity index (χ0n) is 14.5. The molecule has 1 rings (SSSR count). The van der Waals surface area contributed by atoms with Crippen molar-refractivity contribution in [1.82, 2.24) is 10.6 Å². The summed E-state index contributed by atoms with van der Waals surface area (Å²) in [6.45, 7) is 6.78. The topological polar surface area (TPSA) is 76.7 Å². The fraction of sp³-hybridized carbons (Fsp3) is 0.529. The molecule has 2 amide bonds. The molecule has 1 aromatic carbocycles. The van der Waals surface area contributed by atoms with Gasteiger partial charge in [-0.2, -0.15) is 0 Å². The predicted molar refractivity (Wildman–Crippen MR) is 89.0 cm³/mol. The number of benzene rings is 1. The van der Waals surface area contributed by atoms with Crippen molar-refractivity contribution >= 4 is 11.8 Å². The van der Waals surface area contributed by atoms with Crippen LogP contribution in [-0.4, -0.2) is 39.1 Å². The van der Waals surface area contributed by atoms with Crippen molar-refractivity contribution < 1.29 is 19.1 Å². The minimum Gasteiger partial charge on any atom is -0.493 e. The Morgan fingerprint density at radius 1 is 1.00 bits per heavy atom. The van der Waals surface area contributed by atoms with E-state index in [1.54, 1.807) is 18.2 Å². The normalized spacial score (nSPS) is 10.8. The zero-order chi connectivity index (χ0) is 17.5. The van der Waals surface area contributed by atoms with Crippen LogP contribution in [0.3, 0.4) is 0 Å². The van der Waals surface area contributed by atoms with Crippen LogP contribution in [-0.2, 0) is 4.79 Å². The Kier molecular flexibility index (Phi) is 6.88. The molecule has 0 unspecified atom stereocenters. The molecule has 0 fully saturated rings. The van der Waals surface area contributed by atoms with Gasteiger partial charge in [-0.25, -0.2) is 0 Å². The minimum absolute atomic E-state index is 0.0159. The first-order chi connectivity index (χ1) is 10.8. The summed E-state index contributed by atoms with van der Waals surface area (Å²) in [5, 5.41) is 5.54. The molecule has 0 saturated carbocycles. The molecular formula is C17H26N2O4. The number of amides is 2. The predicted octanol–water partition coefficient (Wildman–Crippen LogP) is 1.99. The molecule has 128 valence electrons. The maximum absolute atomic E-state index is 12.1. The summed E-state index contributed by atoms with van der Waals surface area (Å²) in [6.07, 6.45) is 0.455. The molecule has 2 N–H and O–H groups in total. The van der Waals surface area contributed by atoms with Gasteiger partial charge in [0.15, 0.2) is 11.5 Å². The van der Waals surface area contributed by atoms with Gasteiger partial charge in [-0.1, -0.05) is 20.8 Å². The SMILES string of the molecule is COc1ccc(C(=O)NCCNC(=O)CC(C)(C)C)cc1OC. The largest absolute Gasteiger partial charge is 0.493 e. The monoisotopic (exact) mass is 322 g/mol. The number of hydrogen-bond donors (Lipinski definition) is 2. The summed E-state index contributed by atoms with van der Waals surface area (Å²) in [7, 11) is 3.06. The van der Waals surface area contributed by atoms with Crippen LogP contribution in [0.2, 0.25) is 0 Å². The number of carbonyl (C=O) groups is 2. The lowest BCUT2D eigenvalue weighted by atomic mass is 9.92. The zero-order valence-corrected chi connectivity index (χ0v) is 14.5. The van der Waals surface area contributed by atoms with E-state index >= 15 is 0 Å². The number of methoxy groups -OCH3 is 2. The van der Waals surface area contributed by atoms with E-state index in [1.165, 1.54) is 14.2 Å². The van der Waals surface area contributed by atoms with Crippen LogP contribution in [0.1, 0.15) is 37.6 Å². The molecule has 0 aliphatic heterocycles. The maximum atomic E-state index is 12.1. The van der Waals surface area contributed by atoms with Crippen molar-refractivity contribution in [2.24, 2.45) is 5.41 Å². The van der Waals surface area contributed by atoms with Crippen molar-refractivity contribution in [2.45, 2.75) is 27.2 Å². The molecule has 0 spiro atoms. The fourth-order valence-electron chi connectivity index (χ4n) is 2.00. The van der Waals surface area contributed by atoms with E-state index in [2.05, 4.69) is 10.6 Å². The van der Waals surface area contributed by atoms with Gasteiger partial charge in [-0.15, -0.1) is 0 Å². The van der Waals surface area contributed by atoms with E-state index in [9.17, 15) is 9.59 Å². The Morgan fingerprint density at radius 3 is 2.17 bits per heavy atom. The van der Waals surface area contributed by atoms with E-state index in [4.69, 9.17) is 9.47 Å². The highest BCUT2D eigenvalue weighted by molar-refractivity contribution is 5.94. The van der Waals surface area contributed by atoms with Gasteiger partial charge in [-0.05, 0) is 23.6 Å². The van der Waals surface area contributed by atoms with Gasteiger partial charge >= 0.3 is 0 Å². The Bertz CT molecular complexity index is 550. The van der Waals surface area contributed by atoms with Crippen molar-refractivity contribution in [3.8, 4) is 11.5 Å². The smallest absolute Gasteiger partial charge is 0.251 e. The molecule has 0 atom stereocenters. The van der Waals surface area contributed by atoms with Crippen LogP contribution in [0.25, 0.3) is 0 Å². The number of hydrogen-bond acceptors (Lipinski definition) is 4. The second kappa shape index (κ2) is 8.41. The van der Waals surface area contributed by atoms with Crippen molar-refractivity contribution in [2.75, 3.05) is 27.3 Å². The first kappa shape index (κ1) is 18.8. The van der Waals surface area contributed by atoms with E-state index in [0.29, 0.717) is 36.6 Å². The molecule has 0 heterocycles. The Hall–Kier alpha value is -2.24. The fourth-order valence-corrected chi connectivity index (χ4v) is 2.00. The Morgan fingerprint density at radius 2 is 1.61 bits per heavy atom. The summed E-state index contributed by atoms with van der Waals surface area (Å²) < 4.78 is 10.3. The van der Waals surface area contributed by atoms with Crippen molar-refractivity contribution in [3.05, 3.63) is 23.8 Å². The van der Waals surface area contributed by atoms with Gasteiger partial charge in [0.05, 0.1) is 14.2 Å². The second-order valence-corrected chi connectivity index (χ2v) is 6.41. The van der Waals surface area contributed by atoms with E-state index in [0.717, 1.165) is 0 Å². The number of carbonyl (C=O) groups excluding carboxylic acids is 2. The molecule has 0 aliphatic rings. The lowest BCUT2D eigenvalue weighted by molar-refractivity contribution is -0.122. The number of nitrogens with one attached hydrogen (secondary N) is 2. The van der Waals surface area contributed by atoms with Crippen molar-refractivity contribution in [3.63, 3.8) is 0 Å². The van der Waals surface area contributed by atoms with Gasteiger partial charge in [-0.3, -0.25) is 9.59 Å². The summed E-state index contributed by atoms with van der Waals surface area (Å²) in [4.78, 5) is 23.7. The average Bonchev–Trinajstić information content (AvgIpc) is 2.48. The van der Waals surface area contributed by atoms with Gasteiger partial charge in [0.2, 0.25) is 5.91 Å². The summed E-state index contributed by atoms with van der Waals surface area (Å²) in [5.74, 6) is 0.825. The first-order valence-electron chi connectivity index (χ1n) is 7.54. The molecule has 23 heavy (non-hydrogen) atoms. The lowest BCUT2D eigenvalue weighted by Crippen LogP contribution is -2.35. The molecule has 6 nitrogen and oxygen atoms in total. The highest BCUT2D eigenvalue weighted by Gasteiger charge is 2.15. The molecule has 0 saturated heterocycles. The molecule has 0 aliphatic carbocycles. The van der Waals surface area contributed by atoms with Crippen LogP contribution in [0, 0.1) is 5.41 Å². The average molecular weight is 322 g/mol. The molecule has 0 aromatic heterocycles. The van der Waals surface area contributed by atoms with Crippen LogP contribution < -0.4 is 20.1 Å². The highest BCUT2D eigenvalue weighted by Crippen LogP contribution is 2.27. The third-order valence-corrected chi connectivity index (χ3v) is 3.07. The Balaban J connectivity index is 2.44. The number of ether oxygens (including phenoxy) is 2. The molecule has 1 aromatic rings. The Labute approximate surface area is 137 Å². The second-order valence-electron chi connectivity index (χ2n) is 6.41. The van der Waals surface area contributed by atoms with Gasteiger partial charge < -0.3 is 20.1 Å². The lowest BCUT2D eigenvalue weighted by Gasteiger charge is -2.17. The van der Waals surface area contributed by atoms with Crippen LogP contribution in [0.5, 0.6) is 11.5 Å². The van der Waals surface area contributed by atoms with Gasteiger partial charge in [0.25, 0.3) is 5.91 Å². The van der Waals surface area contributed by atoms with E-state index < -0.39 is 0 Å². The molecule has 6 heteroatoms. The summed E-state index contributed by atoms with van der Waals surface area (Å²) >= 11 is 0. The molecule has 0 bridgehead atoms. The summed E-state index contributed by atoms with van der Waals surface area (Å²) in [6, 6.07) is 4.96. The van der Waals surface area contributed by atoms with Crippen LogP contribution in [0.15, 0.2) is 18.2 Å². The quantitative estimate of drug-likeness (QED) is 0.753. The highest BCUT2D eigenvalue weighted by atomic mass is 16.5. The maximum Gasteiger partial charge on any atom is 0.251 e. The minimum atomic E-state index is -0.226. The van der Waals surface area contributed by atoms with Gasteiger partial charge in [0, 0.05) is 25.1 Å². The van der Waals surface area contributed by atoms with Crippen LogP contribution >= 0.6 is 0 Å². The third kappa shape index (κ3) is 6.59. The molecular weight excluding hydrogens is 296 g/mol.